The van der Waals surface area contributed by atoms with Gasteiger partial charge in [0.1, 0.15) is 5.82 Å². The monoisotopic (exact) mass is 466 g/mol. The van der Waals surface area contributed by atoms with E-state index in [2.05, 4.69) is 39.6 Å². The summed E-state index contributed by atoms with van der Waals surface area (Å²) in [6.45, 7) is 2.33. The van der Waals surface area contributed by atoms with E-state index in [0.29, 0.717) is 21.8 Å². The molecule has 2 saturated heterocycles. The van der Waals surface area contributed by atoms with Gasteiger partial charge in [-0.3, -0.25) is 14.5 Å². The maximum atomic E-state index is 13.5. The molecule has 0 saturated carbocycles. The Morgan fingerprint density at radius 1 is 1.30 bits per heavy atom. The van der Waals surface area contributed by atoms with Crippen LogP contribution in [0.2, 0.25) is 0 Å². The van der Waals surface area contributed by atoms with Gasteiger partial charge in [-0.2, -0.15) is 0 Å². The summed E-state index contributed by atoms with van der Waals surface area (Å²) >= 11 is 1.27. The highest BCUT2D eigenvalue weighted by Crippen LogP contribution is 2.39. The molecule has 2 N–H and O–H groups in total. The van der Waals surface area contributed by atoms with Crippen molar-refractivity contribution in [1.82, 2.24) is 15.2 Å². The molecule has 0 aliphatic carbocycles. The van der Waals surface area contributed by atoms with E-state index in [4.69, 9.17) is 0 Å². The third kappa shape index (κ3) is 4.63. The topological polar surface area (TPSA) is 74.3 Å². The van der Waals surface area contributed by atoms with E-state index in [1.165, 1.54) is 29.0 Å². The maximum absolute atomic E-state index is 13.5. The first-order valence-corrected chi connectivity index (χ1v) is 12.2. The molecule has 2 amide bonds. The Morgan fingerprint density at radius 3 is 2.94 bits per heavy atom. The Morgan fingerprint density at radius 2 is 2.12 bits per heavy atom. The fraction of sp³-hybridized carbons (Fsp3) is 0.400. The van der Waals surface area contributed by atoms with Crippen molar-refractivity contribution in [1.29, 1.82) is 0 Å². The molecule has 0 spiro atoms. The van der Waals surface area contributed by atoms with Gasteiger partial charge in [0.2, 0.25) is 11.8 Å². The number of nitrogens with one attached hydrogen (secondary N) is 2. The van der Waals surface area contributed by atoms with Gasteiger partial charge in [0.25, 0.3) is 0 Å². The second kappa shape index (κ2) is 8.83. The lowest BCUT2D eigenvalue weighted by Gasteiger charge is -2.34. The Labute approximate surface area is 196 Å². The number of carbonyl (C=O) groups is 2. The van der Waals surface area contributed by atoms with Crippen LogP contribution in [0, 0.1) is 5.82 Å². The van der Waals surface area contributed by atoms with E-state index < -0.39 is 0 Å². The summed E-state index contributed by atoms with van der Waals surface area (Å²) in [5, 5.41) is 6.63. The second-order valence-corrected chi connectivity index (χ2v) is 10.3. The molecule has 2 aliphatic rings. The lowest BCUT2D eigenvalue weighted by Crippen LogP contribution is -2.54. The number of fused-ring (bicyclic) bond motifs is 2. The Kier molecular flexibility index (Phi) is 5.88. The van der Waals surface area contributed by atoms with Gasteiger partial charge >= 0.3 is 0 Å². The molecule has 2 aromatic carbocycles. The first-order chi connectivity index (χ1) is 15.9. The van der Waals surface area contributed by atoms with E-state index in [-0.39, 0.29) is 41.8 Å². The van der Waals surface area contributed by atoms with Crippen LogP contribution >= 0.6 is 11.3 Å². The second-order valence-electron chi connectivity index (χ2n) is 9.27. The average Bonchev–Trinajstić information content (AvgIpc) is 3.21. The van der Waals surface area contributed by atoms with Crippen molar-refractivity contribution >= 4 is 38.5 Å². The first-order valence-electron chi connectivity index (χ1n) is 11.4. The average molecular weight is 467 g/mol. The number of nitrogens with zero attached hydrogens (tertiary/aromatic N) is 2. The third-order valence-electron chi connectivity index (χ3n) is 6.81. The lowest BCUT2D eigenvalue weighted by atomic mass is 9.89. The molecule has 0 radical (unpaired) electrons. The van der Waals surface area contributed by atoms with Crippen LogP contribution in [0.1, 0.15) is 38.2 Å². The molecular weight excluding hydrogens is 439 g/mol. The number of carbonyl (C=O) groups excluding carboxylic acids is 2. The predicted molar refractivity (Wildman–Crippen MR) is 128 cm³/mol. The number of hydrogen-bond acceptors (Lipinski definition) is 5. The number of rotatable bonds is 5. The standard InChI is InChI=1S/C25H27FN4O2S/c1-25-14-18(12-16-6-3-2-4-7-16)30(21(25)8-5-9-22(31)29-25)15-23(32)28-24-27-19-11-10-17(26)13-20(19)33-24/h2-4,6-7,10-11,13,18,21H,5,8-9,12,14-15H2,1H3,(H,29,31)(H,27,28,32)/t18-,21+,25+/m1/s1. The molecule has 8 heteroatoms. The highest BCUT2D eigenvalue weighted by atomic mass is 32.1. The number of likely N-dealkylation sites (tertiary alicyclic amines) is 1. The summed E-state index contributed by atoms with van der Waals surface area (Å²) in [7, 11) is 0. The van der Waals surface area contributed by atoms with Crippen molar-refractivity contribution in [3.8, 4) is 0 Å². The van der Waals surface area contributed by atoms with Crippen LogP contribution in [0.15, 0.2) is 48.5 Å². The minimum atomic E-state index is -0.360. The number of benzene rings is 2. The molecule has 0 unspecified atom stereocenters. The summed E-state index contributed by atoms with van der Waals surface area (Å²) < 4.78 is 14.2. The third-order valence-corrected chi connectivity index (χ3v) is 7.74. The van der Waals surface area contributed by atoms with Crippen molar-refractivity contribution in [2.45, 2.75) is 56.7 Å². The minimum Gasteiger partial charge on any atom is -0.349 e. The number of halogens is 1. The number of aromatic nitrogens is 1. The van der Waals surface area contributed by atoms with Gasteiger partial charge in [0.05, 0.1) is 22.3 Å². The van der Waals surface area contributed by atoms with Crippen molar-refractivity contribution in [3.63, 3.8) is 0 Å². The molecule has 3 atom stereocenters. The summed E-state index contributed by atoms with van der Waals surface area (Å²) in [5.41, 5.74) is 1.52. The van der Waals surface area contributed by atoms with Crippen molar-refractivity contribution in [2.24, 2.45) is 0 Å². The van der Waals surface area contributed by atoms with Crippen LogP contribution in [0.25, 0.3) is 10.2 Å². The van der Waals surface area contributed by atoms with Crippen molar-refractivity contribution in [3.05, 3.63) is 59.9 Å². The summed E-state index contributed by atoms with van der Waals surface area (Å²) in [5.74, 6) is -0.376. The molecule has 1 aromatic heterocycles. The Hall–Kier alpha value is -2.84. The van der Waals surface area contributed by atoms with Gasteiger partial charge in [-0.05, 0) is 56.4 Å². The predicted octanol–water partition coefficient (Wildman–Crippen LogP) is 4.12. The number of amides is 2. The van der Waals surface area contributed by atoms with Gasteiger partial charge in [-0.25, -0.2) is 9.37 Å². The molecule has 33 heavy (non-hydrogen) atoms. The van der Waals surface area contributed by atoms with Gasteiger partial charge in [-0.1, -0.05) is 41.7 Å². The highest BCUT2D eigenvalue weighted by molar-refractivity contribution is 7.22. The van der Waals surface area contributed by atoms with Crippen LogP contribution in [0.3, 0.4) is 0 Å². The minimum absolute atomic E-state index is 0.0893. The largest absolute Gasteiger partial charge is 0.349 e. The SMILES string of the molecule is C[C@]12C[C@@H](Cc3ccccc3)N(CC(=O)Nc3nc4ccc(F)cc4s3)[C@H]1CCCC(=O)N2. The van der Waals surface area contributed by atoms with Gasteiger partial charge in [0.15, 0.2) is 5.13 Å². The van der Waals surface area contributed by atoms with Crippen LogP contribution in [-0.4, -0.2) is 45.9 Å². The smallest absolute Gasteiger partial charge is 0.240 e. The summed E-state index contributed by atoms with van der Waals surface area (Å²) in [6.07, 6.45) is 3.82. The molecule has 6 nitrogen and oxygen atoms in total. The Bertz CT molecular complexity index is 1180. The summed E-state index contributed by atoms with van der Waals surface area (Å²) in [4.78, 5) is 32.1. The molecule has 2 aliphatic heterocycles. The van der Waals surface area contributed by atoms with E-state index >= 15 is 0 Å². The van der Waals surface area contributed by atoms with E-state index in [1.807, 2.05) is 18.2 Å². The first kappa shape index (κ1) is 22.0. The van der Waals surface area contributed by atoms with Gasteiger partial charge in [-0.15, -0.1) is 0 Å². The maximum Gasteiger partial charge on any atom is 0.240 e. The van der Waals surface area contributed by atoms with Crippen LogP contribution in [0.4, 0.5) is 9.52 Å². The highest BCUT2D eigenvalue weighted by Gasteiger charge is 2.50. The molecule has 0 bridgehead atoms. The van der Waals surface area contributed by atoms with E-state index in [0.717, 1.165) is 25.7 Å². The zero-order valence-electron chi connectivity index (χ0n) is 18.5. The number of hydrogen-bond donors (Lipinski definition) is 2. The zero-order chi connectivity index (χ0) is 23.0. The lowest BCUT2D eigenvalue weighted by molar-refractivity contribution is -0.122. The fourth-order valence-electron chi connectivity index (χ4n) is 5.41. The number of thiazole rings is 1. The van der Waals surface area contributed by atoms with Crippen molar-refractivity contribution in [2.75, 3.05) is 11.9 Å². The van der Waals surface area contributed by atoms with Crippen LogP contribution in [0.5, 0.6) is 0 Å². The van der Waals surface area contributed by atoms with Gasteiger partial charge in [0, 0.05) is 18.5 Å². The summed E-state index contributed by atoms with van der Waals surface area (Å²) in [6, 6.07) is 14.9. The van der Waals surface area contributed by atoms with Crippen LogP contribution in [-0.2, 0) is 16.0 Å². The normalized spacial score (nSPS) is 25.5. The van der Waals surface area contributed by atoms with Crippen molar-refractivity contribution < 1.29 is 14.0 Å². The fourth-order valence-corrected chi connectivity index (χ4v) is 6.32. The van der Waals surface area contributed by atoms with E-state index in [9.17, 15) is 14.0 Å². The molecule has 5 rings (SSSR count). The molecule has 3 aromatic rings. The molecule has 3 heterocycles. The van der Waals surface area contributed by atoms with Crippen LogP contribution < -0.4 is 10.6 Å². The Balaban J connectivity index is 1.36. The van der Waals surface area contributed by atoms with E-state index in [1.54, 1.807) is 6.07 Å². The molecular formula is C25H27FN4O2S. The quantitative estimate of drug-likeness (QED) is 0.593. The molecule has 2 fully saturated rings. The zero-order valence-corrected chi connectivity index (χ0v) is 19.3. The number of anilines is 1. The van der Waals surface area contributed by atoms with Gasteiger partial charge < -0.3 is 10.6 Å². The molecule has 172 valence electrons.